The molecule has 0 N–H and O–H groups in total. The van der Waals surface area contributed by atoms with Gasteiger partial charge in [0.25, 0.3) is 5.69 Å². The summed E-state index contributed by atoms with van der Waals surface area (Å²) in [6.45, 7) is -0.223. The minimum absolute atomic E-state index is 0.0999. The molecule has 3 aromatic rings. The van der Waals surface area contributed by atoms with E-state index >= 15 is 0 Å². The number of ether oxygens (including phenoxy) is 1. The minimum Gasteiger partial charge on any atom is -0.456 e. The van der Waals surface area contributed by atoms with Gasteiger partial charge in [-0.15, -0.1) is 11.3 Å². The highest BCUT2D eigenvalue weighted by atomic mass is 32.1. The normalized spacial score (nSPS) is 10.4. The number of hydrogen-bond donors (Lipinski definition) is 0. The molecule has 0 saturated carbocycles. The third kappa shape index (κ3) is 3.86. The van der Waals surface area contributed by atoms with Crippen LogP contribution in [0, 0.1) is 15.9 Å². The third-order valence-corrected chi connectivity index (χ3v) is 4.24. The molecule has 0 aliphatic heterocycles. The van der Waals surface area contributed by atoms with Crippen molar-refractivity contribution in [1.29, 1.82) is 0 Å². The van der Waals surface area contributed by atoms with Crippen molar-refractivity contribution in [3.05, 3.63) is 81.1 Å². The Morgan fingerprint density at radius 3 is 2.64 bits per heavy atom. The highest BCUT2D eigenvalue weighted by Gasteiger charge is 2.17. The van der Waals surface area contributed by atoms with Crippen molar-refractivity contribution in [3.63, 3.8) is 0 Å². The molecule has 8 heteroatoms. The molecule has 0 unspecified atom stereocenters. The number of para-hydroxylation sites is 1. The monoisotopic (exact) mass is 358 g/mol. The Hall–Kier alpha value is -3.13. The van der Waals surface area contributed by atoms with Gasteiger partial charge >= 0.3 is 5.97 Å². The number of rotatable bonds is 5. The molecule has 0 bridgehead atoms. The number of aromatic nitrogens is 1. The molecule has 1 aromatic heterocycles. The zero-order valence-electron chi connectivity index (χ0n) is 12.7. The molecule has 2 aromatic carbocycles. The summed E-state index contributed by atoms with van der Waals surface area (Å²) in [6.07, 6.45) is 0. The highest BCUT2D eigenvalue weighted by molar-refractivity contribution is 7.13. The Morgan fingerprint density at radius 2 is 1.92 bits per heavy atom. The molecule has 3 rings (SSSR count). The number of thiazole rings is 1. The van der Waals surface area contributed by atoms with Crippen LogP contribution in [0.5, 0.6) is 0 Å². The van der Waals surface area contributed by atoms with Gasteiger partial charge in [0.1, 0.15) is 17.4 Å². The molecule has 0 amide bonds. The lowest BCUT2D eigenvalue weighted by molar-refractivity contribution is -0.385. The summed E-state index contributed by atoms with van der Waals surface area (Å²) in [5, 5.41) is 13.0. The van der Waals surface area contributed by atoms with Crippen molar-refractivity contribution >= 4 is 23.0 Å². The minimum atomic E-state index is -0.678. The van der Waals surface area contributed by atoms with Crippen molar-refractivity contribution in [2.75, 3.05) is 0 Å². The first-order valence-corrected chi connectivity index (χ1v) is 8.03. The van der Waals surface area contributed by atoms with E-state index in [0.29, 0.717) is 16.1 Å². The Kier molecular flexibility index (Phi) is 4.80. The number of esters is 1. The van der Waals surface area contributed by atoms with E-state index in [9.17, 15) is 19.3 Å². The molecule has 0 spiro atoms. The second kappa shape index (κ2) is 7.18. The van der Waals surface area contributed by atoms with E-state index in [1.54, 1.807) is 24.3 Å². The molecule has 6 nitrogen and oxygen atoms in total. The molecular formula is C17H11FN2O4S. The molecule has 0 saturated heterocycles. The predicted molar refractivity (Wildman–Crippen MR) is 89.7 cm³/mol. The molecule has 0 atom stereocenters. The van der Waals surface area contributed by atoms with E-state index in [1.807, 2.05) is 0 Å². The summed E-state index contributed by atoms with van der Waals surface area (Å²) in [5.41, 5.74) is 0.975. The fourth-order valence-corrected chi connectivity index (χ4v) is 2.92. The Balaban J connectivity index is 1.70. The number of hydrogen-bond acceptors (Lipinski definition) is 6. The van der Waals surface area contributed by atoms with E-state index in [2.05, 4.69) is 4.98 Å². The van der Waals surface area contributed by atoms with Gasteiger partial charge in [0.15, 0.2) is 5.69 Å². The molecule has 25 heavy (non-hydrogen) atoms. The Bertz CT molecular complexity index is 924. The molecule has 126 valence electrons. The van der Waals surface area contributed by atoms with Crippen LogP contribution in [-0.4, -0.2) is 15.9 Å². The van der Waals surface area contributed by atoms with Crippen LogP contribution in [0.25, 0.3) is 10.6 Å². The standard InChI is InChI=1S/C17H11FN2O4S/c18-13-7-5-11(6-8-13)16-19-14(10-25-16)17(21)24-9-12-3-1-2-4-15(12)20(22)23/h1-8,10H,9H2. The SMILES string of the molecule is O=C(OCc1ccccc1[N+](=O)[O-])c1csc(-c2ccc(F)cc2)n1. The molecular weight excluding hydrogens is 347 g/mol. The van der Waals surface area contributed by atoms with Crippen LogP contribution in [0.2, 0.25) is 0 Å². The smallest absolute Gasteiger partial charge is 0.358 e. The predicted octanol–water partition coefficient (Wildman–Crippen LogP) is 4.21. The maximum atomic E-state index is 12.9. The first kappa shape index (κ1) is 16.7. The quantitative estimate of drug-likeness (QED) is 0.387. The van der Waals surface area contributed by atoms with E-state index in [-0.39, 0.29) is 23.8 Å². The Morgan fingerprint density at radius 1 is 1.20 bits per heavy atom. The molecule has 0 aliphatic carbocycles. The lowest BCUT2D eigenvalue weighted by Crippen LogP contribution is -2.07. The number of nitrogens with zero attached hydrogens (tertiary/aromatic N) is 2. The lowest BCUT2D eigenvalue weighted by Gasteiger charge is -2.04. The van der Waals surface area contributed by atoms with Gasteiger partial charge in [0.05, 0.1) is 10.5 Å². The fourth-order valence-electron chi connectivity index (χ4n) is 2.12. The zero-order chi connectivity index (χ0) is 17.8. The van der Waals surface area contributed by atoms with Crippen LogP contribution in [-0.2, 0) is 11.3 Å². The van der Waals surface area contributed by atoms with Crippen LogP contribution in [0.3, 0.4) is 0 Å². The fraction of sp³-hybridized carbons (Fsp3) is 0.0588. The highest BCUT2D eigenvalue weighted by Crippen LogP contribution is 2.25. The number of carbonyl (C=O) groups excluding carboxylic acids is 1. The van der Waals surface area contributed by atoms with Crippen LogP contribution in [0.15, 0.2) is 53.9 Å². The van der Waals surface area contributed by atoms with Gasteiger partial charge < -0.3 is 4.74 Å². The summed E-state index contributed by atoms with van der Waals surface area (Å²) in [4.78, 5) is 26.7. The van der Waals surface area contributed by atoms with Crippen molar-refractivity contribution < 1.29 is 18.8 Å². The van der Waals surface area contributed by atoms with Crippen LogP contribution in [0.4, 0.5) is 10.1 Å². The summed E-state index contributed by atoms with van der Waals surface area (Å²) >= 11 is 1.22. The number of nitro benzene ring substituents is 1. The van der Waals surface area contributed by atoms with Gasteiger partial charge in [-0.3, -0.25) is 10.1 Å². The summed E-state index contributed by atoms with van der Waals surface area (Å²) < 4.78 is 18.1. The second-order valence-corrected chi connectivity index (χ2v) is 5.86. The molecule has 0 aliphatic rings. The largest absolute Gasteiger partial charge is 0.456 e. The molecule has 0 fully saturated rings. The average molecular weight is 358 g/mol. The van der Waals surface area contributed by atoms with Gasteiger partial charge in [0.2, 0.25) is 0 Å². The van der Waals surface area contributed by atoms with Crippen LogP contribution >= 0.6 is 11.3 Å². The maximum absolute atomic E-state index is 12.9. The first-order chi connectivity index (χ1) is 12.0. The first-order valence-electron chi connectivity index (χ1n) is 7.15. The Labute approximate surface area is 145 Å². The van der Waals surface area contributed by atoms with Crippen LogP contribution in [0.1, 0.15) is 16.1 Å². The maximum Gasteiger partial charge on any atom is 0.358 e. The number of halogens is 1. The van der Waals surface area contributed by atoms with Crippen molar-refractivity contribution in [2.45, 2.75) is 6.61 Å². The topological polar surface area (TPSA) is 82.3 Å². The third-order valence-electron chi connectivity index (χ3n) is 3.35. The van der Waals surface area contributed by atoms with E-state index in [1.165, 1.54) is 41.0 Å². The zero-order valence-corrected chi connectivity index (χ0v) is 13.5. The van der Waals surface area contributed by atoms with Gasteiger partial charge in [-0.2, -0.15) is 0 Å². The van der Waals surface area contributed by atoms with Gasteiger partial charge in [-0.25, -0.2) is 14.2 Å². The number of nitro groups is 1. The van der Waals surface area contributed by atoms with Gasteiger partial charge in [0, 0.05) is 17.0 Å². The van der Waals surface area contributed by atoms with E-state index in [4.69, 9.17) is 4.74 Å². The summed E-state index contributed by atoms with van der Waals surface area (Å²) in [7, 11) is 0. The van der Waals surface area contributed by atoms with Crippen molar-refractivity contribution in [1.82, 2.24) is 4.98 Å². The molecule has 1 heterocycles. The van der Waals surface area contributed by atoms with Crippen molar-refractivity contribution in [2.24, 2.45) is 0 Å². The average Bonchev–Trinajstić information content (AvgIpc) is 3.10. The summed E-state index contributed by atoms with van der Waals surface area (Å²) in [6, 6.07) is 11.8. The van der Waals surface area contributed by atoms with E-state index in [0.717, 1.165) is 0 Å². The number of carbonyl (C=O) groups is 1. The van der Waals surface area contributed by atoms with Crippen LogP contribution < -0.4 is 0 Å². The summed E-state index contributed by atoms with van der Waals surface area (Å²) in [5.74, 6) is -1.04. The molecule has 0 radical (unpaired) electrons. The lowest BCUT2D eigenvalue weighted by atomic mass is 10.2. The number of benzene rings is 2. The van der Waals surface area contributed by atoms with Gasteiger partial charge in [-0.05, 0) is 30.3 Å². The van der Waals surface area contributed by atoms with E-state index < -0.39 is 10.9 Å². The van der Waals surface area contributed by atoms with Crippen molar-refractivity contribution in [3.8, 4) is 10.6 Å². The second-order valence-electron chi connectivity index (χ2n) is 5.01. The van der Waals surface area contributed by atoms with Gasteiger partial charge in [-0.1, -0.05) is 12.1 Å².